The SMILES string of the molecule is N#Cc1ccc(CN2C(=O)CCCCC2=O)cc1. The van der Waals surface area contributed by atoms with Gasteiger partial charge in [0.25, 0.3) is 0 Å². The van der Waals surface area contributed by atoms with Gasteiger partial charge in [-0.15, -0.1) is 0 Å². The Morgan fingerprint density at radius 2 is 1.61 bits per heavy atom. The van der Waals surface area contributed by atoms with Gasteiger partial charge in [0.1, 0.15) is 0 Å². The number of carbonyl (C=O) groups is 2. The number of hydrogen-bond acceptors (Lipinski definition) is 3. The predicted octanol–water partition coefficient (Wildman–Crippen LogP) is 1.99. The minimum Gasteiger partial charge on any atom is -0.278 e. The van der Waals surface area contributed by atoms with Crippen molar-refractivity contribution in [3.8, 4) is 6.07 Å². The smallest absolute Gasteiger partial charge is 0.229 e. The third-order valence-electron chi connectivity index (χ3n) is 3.06. The molecule has 4 nitrogen and oxygen atoms in total. The standard InChI is InChI=1S/C14H14N2O2/c15-9-11-5-7-12(8-6-11)10-16-13(17)3-1-2-4-14(16)18/h5-8H,1-4,10H2. The molecule has 0 radical (unpaired) electrons. The summed E-state index contributed by atoms with van der Waals surface area (Å²) in [6.45, 7) is 0.309. The Kier molecular flexibility index (Phi) is 3.73. The van der Waals surface area contributed by atoms with Crippen molar-refractivity contribution in [2.24, 2.45) is 0 Å². The number of carbonyl (C=O) groups excluding carboxylic acids is 2. The van der Waals surface area contributed by atoms with Gasteiger partial charge >= 0.3 is 0 Å². The summed E-state index contributed by atoms with van der Waals surface area (Å²) in [5, 5.41) is 8.70. The van der Waals surface area contributed by atoms with E-state index in [0.29, 0.717) is 24.9 Å². The third-order valence-corrected chi connectivity index (χ3v) is 3.06. The Balaban J connectivity index is 2.13. The maximum Gasteiger partial charge on any atom is 0.229 e. The lowest BCUT2D eigenvalue weighted by Crippen LogP contribution is -2.34. The van der Waals surface area contributed by atoms with Crippen molar-refractivity contribution < 1.29 is 9.59 Å². The summed E-state index contributed by atoms with van der Waals surface area (Å²) in [7, 11) is 0. The van der Waals surface area contributed by atoms with Gasteiger partial charge in [0.15, 0.2) is 0 Å². The number of likely N-dealkylation sites (tertiary alicyclic amines) is 1. The van der Waals surface area contributed by atoms with Gasteiger partial charge in [-0.05, 0) is 30.5 Å². The molecule has 2 amide bonds. The number of nitriles is 1. The van der Waals surface area contributed by atoms with E-state index in [9.17, 15) is 9.59 Å². The minimum atomic E-state index is -0.0955. The zero-order valence-corrected chi connectivity index (χ0v) is 10.1. The molecular formula is C14H14N2O2. The largest absolute Gasteiger partial charge is 0.278 e. The van der Waals surface area contributed by atoms with E-state index in [0.717, 1.165) is 18.4 Å². The fourth-order valence-electron chi connectivity index (χ4n) is 2.01. The molecule has 0 saturated carbocycles. The summed E-state index contributed by atoms with van der Waals surface area (Å²) < 4.78 is 0. The summed E-state index contributed by atoms with van der Waals surface area (Å²) in [4.78, 5) is 24.9. The van der Waals surface area contributed by atoms with Gasteiger partial charge in [-0.1, -0.05) is 12.1 Å². The second-order valence-corrected chi connectivity index (χ2v) is 4.39. The van der Waals surface area contributed by atoms with E-state index < -0.39 is 0 Å². The number of imide groups is 1. The maximum absolute atomic E-state index is 11.8. The van der Waals surface area contributed by atoms with Crippen LogP contribution in [0, 0.1) is 11.3 Å². The molecular weight excluding hydrogens is 228 g/mol. The summed E-state index contributed by atoms with van der Waals surface area (Å²) in [6.07, 6.45) is 2.47. The summed E-state index contributed by atoms with van der Waals surface area (Å²) in [6, 6.07) is 8.99. The highest BCUT2D eigenvalue weighted by Gasteiger charge is 2.23. The molecule has 1 saturated heterocycles. The van der Waals surface area contributed by atoms with Gasteiger partial charge < -0.3 is 0 Å². The Morgan fingerprint density at radius 1 is 1.06 bits per heavy atom. The zero-order valence-electron chi connectivity index (χ0n) is 10.1. The number of amides is 2. The first-order valence-corrected chi connectivity index (χ1v) is 6.03. The van der Waals surface area contributed by atoms with E-state index in [4.69, 9.17) is 5.26 Å². The van der Waals surface area contributed by atoms with Crippen LogP contribution in [0.25, 0.3) is 0 Å². The van der Waals surface area contributed by atoms with Crippen molar-refractivity contribution in [3.05, 3.63) is 35.4 Å². The summed E-state index contributed by atoms with van der Waals surface area (Å²) in [5.74, 6) is -0.191. The molecule has 1 aliphatic rings. The van der Waals surface area contributed by atoms with E-state index >= 15 is 0 Å². The Labute approximate surface area is 106 Å². The molecule has 0 aromatic heterocycles. The minimum absolute atomic E-state index is 0.0955. The van der Waals surface area contributed by atoms with Gasteiger partial charge in [0.2, 0.25) is 11.8 Å². The van der Waals surface area contributed by atoms with Crippen LogP contribution in [0.1, 0.15) is 36.8 Å². The second-order valence-electron chi connectivity index (χ2n) is 4.39. The fraction of sp³-hybridized carbons (Fsp3) is 0.357. The maximum atomic E-state index is 11.8. The topological polar surface area (TPSA) is 61.2 Å². The van der Waals surface area contributed by atoms with Crippen molar-refractivity contribution in [2.45, 2.75) is 32.2 Å². The van der Waals surface area contributed by atoms with Crippen LogP contribution in [0.2, 0.25) is 0 Å². The molecule has 0 atom stereocenters. The van der Waals surface area contributed by atoms with E-state index in [1.807, 2.05) is 6.07 Å². The lowest BCUT2D eigenvalue weighted by Gasteiger charge is -2.18. The molecule has 1 aromatic rings. The molecule has 0 unspecified atom stereocenters. The van der Waals surface area contributed by atoms with Gasteiger partial charge in [-0.2, -0.15) is 5.26 Å². The van der Waals surface area contributed by atoms with Crippen LogP contribution in [-0.4, -0.2) is 16.7 Å². The lowest BCUT2D eigenvalue weighted by atomic mass is 10.1. The first kappa shape index (κ1) is 12.3. The molecule has 1 heterocycles. The van der Waals surface area contributed by atoms with Crippen molar-refractivity contribution in [1.29, 1.82) is 5.26 Å². The van der Waals surface area contributed by atoms with Crippen molar-refractivity contribution in [3.63, 3.8) is 0 Å². The van der Waals surface area contributed by atoms with E-state index in [2.05, 4.69) is 0 Å². The molecule has 1 aromatic carbocycles. The summed E-state index contributed by atoms with van der Waals surface area (Å²) in [5.41, 5.74) is 1.45. The monoisotopic (exact) mass is 242 g/mol. The number of benzene rings is 1. The van der Waals surface area contributed by atoms with E-state index in [1.54, 1.807) is 24.3 Å². The van der Waals surface area contributed by atoms with E-state index in [1.165, 1.54) is 4.90 Å². The van der Waals surface area contributed by atoms with Gasteiger partial charge in [0, 0.05) is 12.8 Å². The molecule has 92 valence electrons. The lowest BCUT2D eigenvalue weighted by molar-refractivity contribution is -0.144. The van der Waals surface area contributed by atoms with Crippen LogP contribution in [-0.2, 0) is 16.1 Å². The third kappa shape index (κ3) is 2.75. The molecule has 2 rings (SSSR count). The van der Waals surface area contributed by atoms with Gasteiger partial charge in [0.05, 0.1) is 18.2 Å². The van der Waals surface area contributed by atoms with Gasteiger partial charge in [-0.3, -0.25) is 14.5 Å². The van der Waals surface area contributed by atoms with Crippen molar-refractivity contribution in [2.75, 3.05) is 0 Å². The van der Waals surface area contributed by atoms with Crippen LogP contribution in [0.15, 0.2) is 24.3 Å². The molecule has 0 spiro atoms. The Morgan fingerprint density at radius 3 is 2.11 bits per heavy atom. The number of hydrogen-bond donors (Lipinski definition) is 0. The average molecular weight is 242 g/mol. The normalized spacial score (nSPS) is 16.3. The zero-order chi connectivity index (χ0) is 13.0. The molecule has 18 heavy (non-hydrogen) atoms. The first-order chi connectivity index (χ1) is 8.70. The van der Waals surface area contributed by atoms with Crippen LogP contribution >= 0.6 is 0 Å². The second kappa shape index (κ2) is 5.46. The van der Waals surface area contributed by atoms with Gasteiger partial charge in [-0.25, -0.2) is 0 Å². The fourth-order valence-corrected chi connectivity index (χ4v) is 2.01. The van der Waals surface area contributed by atoms with Crippen LogP contribution in [0.5, 0.6) is 0 Å². The van der Waals surface area contributed by atoms with Crippen molar-refractivity contribution in [1.82, 2.24) is 4.90 Å². The van der Waals surface area contributed by atoms with Crippen molar-refractivity contribution >= 4 is 11.8 Å². The molecule has 0 bridgehead atoms. The summed E-state index contributed by atoms with van der Waals surface area (Å²) >= 11 is 0. The molecule has 1 fully saturated rings. The Bertz CT molecular complexity index is 482. The molecule has 1 aliphatic heterocycles. The molecule has 0 aliphatic carbocycles. The Hall–Kier alpha value is -2.15. The first-order valence-electron chi connectivity index (χ1n) is 6.03. The molecule has 4 heteroatoms. The predicted molar refractivity (Wildman–Crippen MR) is 65.2 cm³/mol. The van der Waals surface area contributed by atoms with Crippen LogP contribution < -0.4 is 0 Å². The highest BCUT2D eigenvalue weighted by atomic mass is 16.2. The quantitative estimate of drug-likeness (QED) is 0.745. The van der Waals surface area contributed by atoms with E-state index in [-0.39, 0.29) is 11.8 Å². The molecule has 0 N–H and O–H groups in total. The van der Waals surface area contributed by atoms with Crippen LogP contribution in [0.4, 0.5) is 0 Å². The number of rotatable bonds is 2. The highest BCUT2D eigenvalue weighted by molar-refractivity contribution is 5.95. The van der Waals surface area contributed by atoms with Crippen LogP contribution in [0.3, 0.4) is 0 Å². The average Bonchev–Trinajstić information content (AvgIpc) is 2.55. The number of nitrogens with zero attached hydrogens (tertiary/aromatic N) is 2. The highest BCUT2D eigenvalue weighted by Crippen LogP contribution is 2.16.